The van der Waals surface area contributed by atoms with E-state index in [9.17, 15) is 22.8 Å². The standard InChI is InChI=1S/C21H22N2O6S/c1-14(2)18(22-30(27,28)15-8-4-3-5-9-15)21(26)29-13-12-23-19(24)16-10-6-7-11-17(16)20(23)25/h3-11,14,18,22H,12-13H2,1-2H3. The van der Waals surface area contributed by atoms with Crippen LogP contribution in [0.15, 0.2) is 59.5 Å². The Labute approximate surface area is 174 Å². The molecular formula is C21H22N2O6S. The summed E-state index contributed by atoms with van der Waals surface area (Å²) in [4.78, 5) is 38.2. The second-order valence-corrected chi connectivity index (χ2v) is 8.85. The van der Waals surface area contributed by atoms with Crippen molar-refractivity contribution < 1.29 is 27.5 Å². The van der Waals surface area contributed by atoms with Crippen molar-refractivity contribution in [2.45, 2.75) is 24.8 Å². The van der Waals surface area contributed by atoms with Crippen molar-refractivity contribution in [2.24, 2.45) is 5.92 Å². The fourth-order valence-electron chi connectivity index (χ4n) is 3.06. The van der Waals surface area contributed by atoms with E-state index < -0.39 is 33.8 Å². The topological polar surface area (TPSA) is 110 Å². The third kappa shape index (κ3) is 4.42. The molecule has 1 atom stereocenters. The quantitative estimate of drug-likeness (QED) is 0.505. The molecule has 8 nitrogen and oxygen atoms in total. The van der Waals surface area contributed by atoms with E-state index in [4.69, 9.17) is 4.74 Å². The number of carbonyl (C=O) groups excluding carboxylic acids is 3. The first kappa shape index (κ1) is 21.7. The SMILES string of the molecule is CC(C)C(NS(=O)(=O)c1ccccc1)C(=O)OCCN1C(=O)c2ccccc2C1=O. The first-order valence-corrected chi connectivity index (χ1v) is 10.9. The van der Waals surface area contributed by atoms with Gasteiger partial charge in [-0.25, -0.2) is 8.42 Å². The van der Waals surface area contributed by atoms with Crippen LogP contribution in [0.3, 0.4) is 0 Å². The Morgan fingerprint density at radius 1 is 0.967 bits per heavy atom. The molecule has 1 N–H and O–H groups in total. The molecule has 0 radical (unpaired) electrons. The molecule has 0 aromatic heterocycles. The number of benzene rings is 2. The summed E-state index contributed by atoms with van der Waals surface area (Å²) in [7, 11) is -3.91. The number of ether oxygens (including phenoxy) is 1. The Kier molecular flexibility index (Phi) is 6.33. The number of imide groups is 1. The minimum atomic E-state index is -3.91. The van der Waals surface area contributed by atoms with E-state index in [0.29, 0.717) is 11.1 Å². The van der Waals surface area contributed by atoms with Crippen LogP contribution in [0.2, 0.25) is 0 Å². The van der Waals surface area contributed by atoms with E-state index in [0.717, 1.165) is 4.90 Å². The molecule has 0 bridgehead atoms. The zero-order valence-electron chi connectivity index (χ0n) is 16.6. The zero-order chi connectivity index (χ0) is 21.9. The van der Waals surface area contributed by atoms with Gasteiger partial charge in [0.1, 0.15) is 12.6 Å². The van der Waals surface area contributed by atoms with Gasteiger partial charge in [-0.05, 0) is 30.2 Å². The molecule has 2 amide bonds. The highest BCUT2D eigenvalue weighted by Crippen LogP contribution is 2.22. The number of sulfonamides is 1. The number of nitrogens with zero attached hydrogens (tertiary/aromatic N) is 1. The Balaban J connectivity index is 1.62. The van der Waals surface area contributed by atoms with Crippen LogP contribution >= 0.6 is 0 Å². The lowest BCUT2D eigenvalue weighted by atomic mass is 10.1. The number of hydrogen-bond acceptors (Lipinski definition) is 6. The van der Waals surface area contributed by atoms with E-state index in [1.165, 1.54) is 12.1 Å². The first-order valence-electron chi connectivity index (χ1n) is 9.41. The Hall–Kier alpha value is -3.04. The minimum Gasteiger partial charge on any atom is -0.463 e. The highest BCUT2D eigenvalue weighted by atomic mass is 32.2. The summed E-state index contributed by atoms with van der Waals surface area (Å²) in [5.74, 6) is -2.05. The molecule has 1 heterocycles. The molecule has 0 saturated heterocycles. The molecule has 0 aliphatic carbocycles. The fraction of sp³-hybridized carbons (Fsp3) is 0.286. The summed E-state index contributed by atoms with van der Waals surface area (Å²) in [5.41, 5.74) is 0.619. The summed E-state index contributed by atoms with van der Waals surface area (Å²) >= 11 is 0. The second kappa shape index (κ2) is 8.76. The fourth-order valence-corrected chi connectivity index (χ4v) is 4.41. The molecule has 0 spiro atoms. The van der Waals surface area contributed by atoms with Crippen molar-refractivity contribution in [1.29, 1.82) is 0 Å². The van der Waals surface area contributed by atoms with Gasteiger partial charge in [-0.3, -0.25) is 19.3 Å². The summed E-state index contributed by atoms with van der Waals surface area (Å²) in [5, 5.41) is 0. The lowest BCUT2D eigenvalue weighted by molar-refractivity contribution is -0.147. The number of nitrogens with one attached hydrogen (secondary N) is 1. The second-order valence-electron chi connectivity index (χ2n) is 7.13. The van der Waals surface area contributed by atoms with Gasteiger partial charge in [-0.15, -0.1) is 0 Å². The molecule has 0 saturated carbocycles. The van der Waals surface area contributed by atoms with Gasteiger partial charge in [-0.2, -0.15) is 4.72 Å². The van der Waals surface area contributed by atoms with Crippen molar-refractivity contribution in [3.05, 3.63) is 65.7 Å². The van der Waals surface area contributed by atoms with E-state index in [-0.39, 0.29) is 24.0 Å². The predicted molar refractivity (Wildman–Crippen MR) is 108 cm³/mol. The van der Waals surface area contributed by atoms with Crippen LogP contribution in [0, 0.1) is 5.92 Å². The lowest BCUT2D eigenvalue weighted by Gasteiger charge is -2.21. The number of esters is 1. The zero-order valence-corrected chi connectivity index (χ0v) is 17.4. The minimum absolute atomic E-state index is 0.0366. The normalized spacial score (nSPS) is 14.7. The molecule has 1 aliphatic rings. The van der Waals surface area contributed by atoms with Crippen molar-refractivity contribution in [3.8, 4) is 0 Å². The van der Waals surface area contributed by atoms with Crippen molar-refractivity contribution in [2.75, 3.05) is 13.2 Å². The van der Waals surface area contributed by atoms with Gasteiger partial charge in [0.15, 0.2) is 0 Å². The van der Waals surface area contributed by atoms with Gasteiger partial charge < -0.3 is 4.74 Å². The van der Waals surface area contributed by atoms with Crippen LogP contribution < -0.4 is 4.72 Å². The first-order chi connectivity index (χ1) is 14.2. The molecule has 0 fully saturated rings. The third-order valence-electron chi connectivity index (χ3n) is 4.69. The molecule has 1 aliphatic heterocycles. The molecular weight excluding hydrogens is 408 g/mol. The summed E-state index contributed by atoms with van der Waals surface area (Å²) in [6, 6.07) is 13.0. The molecule has 9 heteroatoms. The Bertz CT molecular complexity index is 1030. The van der Waals surface area contributed by atoms with Crippen molar-refractivity contribution in [3.63, 3.8) is 0 Å². The number of fused-ring (bicyclic) bond motifs is 1. The number of amides is 2. The van der Waals surface area contributed by atoms with Gasteiger partial charge in [0.05, 0.1) is 22.6 Å². The highest BCUT2D eigenvalue weighted by Gasteiger charge is 2.35. The smallest absolute Gasteiger partial charge is 0.324 e. The number of rotatable bonds is 8. The molecule has 2 aromatic carbocycles. The van der Waals surface area contributed by atoms with E-state index in [1.54, 1.807) is 56.3 Å². The van der Waals surface area contributed by atoms with E-state index in [2.05, 4.69) is 4.72 Å². The van der Waals surface area contributed by atoms with Gasteiger partial charge in [0.25, 0.3) is 11.8 Å². The van der Waals surface area contributed by atoms with Crippen LogP contribution in [-0.2, 0) is 19.6 Å². The third-order valence-corrected chi connectivity index (χ3v) is 6.15. The molecule has 158 valence electrons. The van der Waals surface area contributed by atoms with Crippen LogP contribution in [0.5, 0.6) is 0 Å². The van der Waals surface area contributed by atoms with Crippen LogP contribution in [-0.4, -0.2) is 50.3 Å². The maximum absolute atomic E-state index is 12.5. The van der Waals surface area contributed by atoms with Gasteiger partial charge >= 0.3 is 5.97 Å². The molecule has 2 aromatic rings. The van der Waals surface area contributed by atoms with E-state index >= 15 is 0 Å². The average molecular weight is 430 g/mol. The Morgan fingerprint density at radius 3 is 2.03 bits per heavy atom. The van der Waals surface area contributed by atoms with E-state index in [1.807, 2.05) is 0 Å². The summed E-state index contributed by atoms with van der Waals surface area (Å²) in [6.07, 6.45) is 0. The van der Waals surface area contributed by atoms with Gasteiger partial charge in [0.2, 0.25) is 10.0 Å². The molecule has 3 rings (SSSR count). The number of carbonyl (C=O) groups is 3. The summed E-state index contributed by atoms with van der Waals surface area (Å²) in [6.45, 7) is 3.02. The van der Waals surface area contributed by atoms with Crippen molar-refractivity contribution >= 4 is 27.8 Å². The maximum Gasteiger partial charge on any atom is 0.324 e. The van der Waals surface area contributed by atoms with Crippen LogP contribution in [0.1, 0.15) is 34.6 Å². The molecule has 30 heavy (non-hydrogen) atoms. The van der Waals surface area contributed by atoms with Crippen LogP contribution in [0.4, 0.5) is 0 Å². The maximum atomic E-state index is 12.5. The highest BCUT2D eigenvalue weighted by molar-refractivity contribution is 7.89. The lowest BCUT2D eigenvalue weighted by Crippen LogP contribution is -2.46. The average Bonchev–Trinajstić information content (AvgIpc) is 2.97. The van der Waals surface area contributed by atoms with Gasteiger partial charge in [0, 0.05) is 0 Å². The van der Waals surface area contributed by atoms with Crippen molar-refractivity contribution in [1.82, 2.24) is 9.62 Å². The largest absolute Gasteiger partial charge is 0.463 e. The monoisotopic (exact) mass is 430 g/mol. The molecule has 1 unspecified atom stereocenters. The van der Waals surface area contributed by atoms with Crippen LogP contribution in [0.25, 0.3) is 0 Å². The van der Waals surface area contributed by atoms with Gasteiger partial charge in [-0.1, -0.05) is 44.2 Å². The predicted octanol–water partition coefficient (Wildman–Crippen LogP) is 1.83. The number of hydrogen-bond donors (Lipinski definition) is 1. The summed E-state index contributed by atoms with van der Waals surface area (Å²) < 4.78 is 32.6. The Morgan fingerprint density at radius 2 is 1.50 bits per heavy atom.